The molecule has 2 amide bonds. The minimum absolute atomic E-state index is 0.100. The van der Waals surface area contributed by atoms with Crippen molar-refractivity contribution in [3.05, 3.63) is 89.8 Å². The van der Waals surface area contributed by atoms with Gasteiger partial charge in [0, 0.05) is 37.9 Å². The lowest BCUT2D eigenvalue weighted by Gasteiger charge is -2.33. The number of hydrogen-bond acceptors (Lipinski definition) is 4. The number of aromatic nitrogens is 2. The molecule has 4 rings (SSSR count). The molecule has 1 aliphatic heterocycles. The predicted octanol–water partition coefficient (Wildman–Crippen LogP) is 2.70. The van der Waals surface area contributed by atoms with Crippen LogP contribution in [-0.4, -0.2) is 52.2 Å². The average molecular weight is 444 g/mol. The summed E-state index contributed by atoms with van der Waals surface area (Å²) in [6, 6.07) is 17.6. The first-order valence-electron chi connectivity index (χ1n) is 11.2. The van der Waals surface area contributed by atoms with E-state index in [2.05, 4.69) is 15.7 Å². The Bertz CT molecular complexity index is 1120. The number of para-hydroxylation sites is 1. The van der Waals surface area contributed by atoms with Gasteiger partial charge in [0.25, 0.3) is 0 Å². The van der Waals surface area contributed by atoms with Crippen molar-refractivity contribution in [1.82, 2.24) is 25.3 Å². The standard InChI is InChI=1S/C26H29N5O2/c1-20-8-5-6-12-23(20)31-19-22(18-29-31)17-28-25(32)16-24-26(33)27-13-15-30(24)14-7-11-21-9-3-2-4-10-21/h2-12,18-19,24H,13-17H2,1H3,(H,27,33)(H,28,32). The van der Waals surface area contributed by atoms with E-state index < -0.39 is 6.04 Å². The molecule has 1 saturated heterocycles. The van der Waals surface area contributed by atoms with Crippen LogP contribution in [0.5, 0.6) is 0 Å². The molecule has 2 N–H and O–H groups in total. The summed E-state index contributed by atoms with van der Waals surface area (Å²) >= 11 is 0. The third-order valence-corrected chi connectivity index (χ3v) is 5.76. The van der Waals surface area contributed by atoms with Crippen LogP contribution < -0.4 is 10.6 Å². The van der Waals surface area contributed by atoms with Crippen LogP contribution in [0.3, 0.4) is 0 Å². The maximum absolute atomic E-state index is 12.6. The van der Waals surface area contributed by atoms with E-state index in [-0.39, 0.29) is 18.2 Å². The van der Waals surface area contributed by atoms with Crippen LogP contribution in [0.2, 0.25) is 0 Å². The second-order valence-electron chi connectivity index (χ2n) is 8.18. The van der Waals surface area contributed by atoms with Gasteiger partial charge in [-0.2, -0.15) is 5.10 Å². The van der Waals surface area contributed by atoms with Crippen LogP contribution in [-0.2, 0) is 16.1 Å². The molecule has 0 spiro atoms. The number of nitrogens with one attached hydrogen (secondary N) is 2. The molecule has 0 aliphatic carbocycles. The normalized spacial score (nSPS) is 16.6. The van der Waals surface area contributed by atoms with Crippen molar-refractivity contribution in [3.63, 3.8) is 0 Å². The van der Waals surface area contributed by atoms with Crippen LogP contribution in [0, 0.1) is 6.92 Å². The number of nitrogens with zero attached hydrogens (tertiary/aromatic N) is 3. The first kappa shape index (κ1) is 22.5. The Balaban J connectivity index is 1.32. The Labute approximate surface area is 194 Å². The van der Waals surface area contributed by atoms with Crippen molar-refractivity contribution in [2.24, 2.45) is 0 Å². The SMILES string of the molecule is Cc1ccccc1-n1cc(CNC(=O)CC2C(=O)NCCN2CC=Cc2ccccc2)cn1. The van der Waals surface area contributed by atoms with Gasteiger partial charge in [-0.25, -0.2) is 4.68 Å². The molecule has 1 aliphatic rings. The fourth-order valence-electron chi connectivity index (χ4n) is 3.94. The highest BCUT2D eigenvalue weighted by atomic mass is 16.2. The van der Waals surface area contributed by atoms with Crippen molar-refractivity contribution < 1.29 is 9.59 Å². The minimum Gasteiger partial charge on any atom is -0.353 e. The van der Waals surface area contributed by atoms with Gasteiger partial charge in [-0.15, -0.1) is 0 Å². The van der Waals surface area contributed by atoms with Gasteiger partial charge in [0.05, 0.1) is 24.3 Å². The molecule has 170 valence electrons. The first-order valence-corrected chi connectivity index (χ1v) is 11.2. The van der Waals surface area contributed by atoms with E-state index in [9.17, 15) is 9.59 Å². The fraction of sp³-hybridized carbons (Fsp3) is 0.269. The Hall–Kier alpha value is -3.71. The molecule has 1 fully saturated rings. The summed E-state index contributed by atoms with van der Waals surface area (Å²) in [6.45, 7) is 4.32. The highest BCUT2D eigenvalue weighted by Gasteiger charge is 2.30. The largest absolute Gasteiger partial charge is 0.353 e. The predicted molar refractivity (Wildman–Crippen MR) is 129 cm³/mol. The van der Waals surface area contributed by atoms with Gasteiger partial charge in [-0.1, -0.05) is 60.7 Å². The lowest BCUT2D eigenvalue weighted by atomic mass is 10.1. The van der Waals surface area contributed by atoms with E-state index in [1.807, 2.05) is 89.5 Å². The summed E-state index contributed by atoms with van der Waals surface area (Å²) in [5.74, 6) is -0.255. The molecular weight excluding hydrogens is 414 g/mol. The summed E-state index contributed by atoms with van der Waals surface area (Å²) in [5.41, 5.74) is 4.15. The molecule has 0 bridgehead atoms. The summed E-state index contributed by atoms with van der Waals surface area (Å²) < 4.78 is 1.81. The van der Waals surface area contributed by atoms with Gasteiger partial charge in [-0.3, -0.25) is 14.5 Å². The summed E-state index contributed by atoms with van der Waals surface area (Å²) in [4.78, 5) is 27.2. The van der Waals surface area contributed by atoms with Gasteiger partial charge in [-0.05, 0) is 24.1 Å². The van der Waals surface area contributed by atoms with E-state index in [4.69, 9.17) is 0 Å². The lowest BCUT2D eigenvalue weighted by molar-refractivity contribution is -0.133. The van der Waals surface area contributed by atoms with Crippen molar-refractivity contribution in [2.45, 2.75) is 25.9 Å². The Kier molecular flexibility index (Phi) is 7.32. The molecule has 2 heterocycles. The second kappa shape index (κ2) is 10.7. The van der Waals surface area contributed by atoms with E-state index in [0.717, 1.165) is 22.4 Å². The van der Waals surface area contributed by atoms with Crippen molar-refractivity contribution >= 4 is 17.9 Å². The number of rotatable bonds is 8. The fourth-order valence-corrected chi connectivity index (χ4v) is 3.94. The van der Waals surface area contributed by atoms with Crippen molar-refractivity contribution in [3.8, 4) is 5.69 Å². The highest BCUT2D eigenvalue weighted by molar-refractivity contribution is 5.88. The number of carbonyl (C=O) groups is 2. The first-order chi connectivity index (χ1) is 16.1. The highest BCUT2D eigenvalue weighted by Crippen LogP contribution is 2.14. The molecule has 0 radical (unpaired) electrons. The van der Waals surface area contributed by atoms with Gasteiger partial charge >= 0.3 is 0 Å². The molecule has 1 aromatic heterocycles. The Morgan fingerprint density at radius 3 is 2.79 bits per heavy atom. The zero-order valence-electron chi connectivity index (χ0n) is 18.8. The molecule has 7 nitrogen and oxygen atoms in total. The lowest BCUT2D eigenvalue weighted by Crippen LogP contribution is -2.56. The summed E-state index contributed by atoms with van der Waals surface area (Å²) in [7, 11) is 0. The molecule has 7 heteroatoms. The molecule has 0 saturated carbocycles. The maximum Gasteiger partial charge on any atom is 0.237 e. The summed E-state index contributed by atoms with van der Waals surface area (Å²) in [5, 5.41) is 10.2. The third kappa shape index (κ3) is 5.96. The van der Waals surface area contributed by atoms with Crippen molar-refractivity contribution in [1.29, 1.82) is 0 Å². The van der Waals surface area contributed by atoms with Crippen LogP contribution in [0.1, 0.15) is 23.1 Å². The molecular formula is C26H29N5O2. The monoisotopic (exact) mass is 443 g/mol. The number of amides is 2. The number of aryl methyl sites for hydroxylation is 1. The number of benzene rings is 2. The second-order valence-corrected chi connectivity index (χ2v) is 8.18. The molecule has 3 aromatic rings. The quantitative estimate of drug-likeness (QED) is 0.561. The number of hydrogen-bond donors (Lipinski definition) is 2. The van der Waals surface area contributed by atoms with Crippen molar-refractivity contribution in [2.75, 3.05) is 19.6 Å². The number of carbonyl (C=O) groups excluding carboxylic acids is 2. The van der Waals surface area contributed by atoms with E-state index in [1.165, 1.54) is 0 Å². The Morgan fingerprint density at radius 1 is 1.18 bits per heavy atom. The minimum atomic E-state index is -0.478. The molecule has 1 unspecified atom stereocenters. The van der Waals surface area contributed by atoms with Gasteiger partial charge in [0.1, 0.15) is 0 Å². The number of piperazine rings is 1. The smallest absolute Gasteiger partial charge is 0.237 e. The van der Waals surface area contributed by atoms with Gasteiger partial charge in [0.15, 0.2) is 0 Å². The average Bonchev–Trinajstić information content (AvgIpc) is 3.30. The van der Waals surface area contributed by atoms with E-state index in [1.54, 1.807) is 6.20 Å². The maximum atomic E-state index is 12.6. The van der Waals surface area contributed by atoms with E-state index in [0.29, 0.717) is 26.2 Å². The van der Waals surface area contributed by atoms with Gasteiger partial charge < -0.3 is 10.6 Å². The molecule has 33 heavy (non-hydrogen) atoms. The van der Waals surface area contributed by atoms with Crippen LogP contribution in [0.4, 0.5) is 0 Å². The van der Waals surface area contributed by atoms with E-state index >= 15 is 0 Å². The van der Waals surface area contributed by atoms with Crippen LogP contribution in [0.15, 0.2) is 73.1 Å². The zero-order valence-corrected chi connectivity index (χ0v) is 18.8. The zero-order chi connectivity index (χ0) is 23.0. The van der Waals surface area contributed by atoms with Crippen LogP contribution in [0.25, 0.3) is 11.8 Å². The summed E-state index contributed by atoms with van der Waals surface area (Å²) in [6.07, 6.45) is 7.86. The Morgan fingerprint density at radius 2 is 1.97 bits per heavy atom. The molecule has 1 atom stereocenters. The third-order valence-electron chi connectivity index (χ3n) is 5.76. The molecule has 2 aromatic carbocycles. The van der Waals surface area contributed by atoms with Gasteiger partial charge in [0.2, 0.25) is 11.8 Å². The van der Waals surface area contributed by atoms with Crippen LogP contribution >= 0.6 is 0 Å². The topological polar surface area (TPSA) is 79.3 Å².